The standard InChI is InChI=1S/C24H34N6O/c1-19-8-7-11-22(27-19)30-16-13-21(14-17-30)28-24(26-18-23(31)29(2)3)25-15-12-20-9-5-4-6-10-20/h4-11,21H,12-18H2,1-3H3,(H2,25,26,28). The molecule has 0 aliphatic carbocycles. The Bertz CT molecular complexity index is 859. The second-order valence-corrected chi connectivity index (χ2v) is 8.16. The van der Waals surface area contributed by atoms with Gasteiger partial charge in [0.05, 0.1) is 0 Å². The molecule has 7 heteroatoms. The number of pyridine rings is 1. The van der Waals surface area contributed by atoms with Crippen LogP contribution in [0.15, 0.2) is 53.5 Å². The predicted molar refractivity (Wildman–Crippen MR) is 126 cm³/mol. The summed E-state index contributed by atoms with van der Waals surface area (Å²) < 4.78 is 0. The highest BCUT2D eigenvalue weighted by atomic mass is 16.2. The molecule has 166 valence electrons. The summed E-state index contributed by atoms with van der Waals surface area (Å²) in [6, 6.07) is 16.8. The number of amides is 1. The maximum absolute atomic E-state index is 12.0. The molecule has 1 aromatic carbocycles. The number of nitrogens with one attached hydrogen (secondary N) is 2. The van der Waals surface area contributed by atoms with Crippen molar-refractivity contribution < 1.29 is 4.79 Å². The molecule has 1 aliphatic heterocycles. The molecule has 0 unspecified atom stereocenters. The van der Waals surface area contributed by atoms with Crippen LogP contribution in [0.5, 0.6) is 0 Å². The van der Waals surface area contributed by atoms with Crippen LogP contribution in [0.1, 0.15) is 24.1 Å². The third kappa shape index (κ3) is 7.27. The van der Waals surface area contributed by atoms with Gasteiger partial charge in [-0.05, 0) is 43.9 Å². The van der Waals surface area contributed by atoms with Gasteiger partial charge in [0.25, 0.3) is 0 Å². The van der Waals surface area contributed by atoms with E-state index in [2.05, 4.69) is 61.9 Å². The van der Waals surface area contributed by atoms with E-state index in [1.165, 1.54) is 5.56 Å². The molecule has 2 heterocycles. The fourth-order valence-corrected chi connectivity index (χ4v) is 3.56. The van der Waals surface area contributed by atoms with Crippen LogP contribution in [0.3, 0.4) is 0 Å². The summed E-state index contributed by atoms with van der Waals surface area (Å²) in [7, 11) is 3.51. The Hall–Kier alpha value is -3.09. The molecule has 1 saturated heterocycles. The lowest BCUT2D eigenvalue weighted by atomic mass is 10.1. The van der Waals surface area contributed by atoms with Crippen LogP contribution in [-0.4, -0.2) is 68.1 Å². The summed E-state index contributed by atoms with van der Waals surface area (Å²) in [4.78, 5) is 25.1. The van der Waals surface area contributed by atoms with E-state index >= 15 is 0 Å². The largest absolute Gasteiger partial charge is 0.356 e. The van der Waals surface area contributed by atoms with E-state index in [1.807, 2.05) is 19.1 Å². The summed E-state index contributed by atoms with van der Waals surface area (Å²) in [6.45, 7) is 4.82. The lowest BCUT2D eigenvalue weighted by molar-refractivity contribution is -0.127. The zero-order valence-electron chi connectivity index (χ0n) is 18.8. The first kappa shape index (κ1) is 22.6. The highest BCUT2D eigenvalue weighted by Gasteiger charge is 2.21. The van der Waals surface area contributed by atoms with Gasteiger partial charge < -0.3 is 20.4 Å². The number of aromatic nitrogens is 1. The van der Waals surface area contributed by atoms with E-state index in [0.717, 1.165) is 50.4 Å². The molecule has 2 N–H and O–H groups in total. The van der Waals surface area contributed by atoms with Gasteiger partial charge in [-0.25, -0.2) is 9.98 Å². The van der Waals surface area contributed by atoms with E-state index in [-0.39, 0.29) is 12.5 Å². The number of likely N-dealkylation sites (N-methyl/N-ethyl adjacent to an activating group) is 1. The number of anilines is 1. The summed E-state index contributed by atoms with van der Waals surface area (Å²) in [6.07, 6.45) is 2.90. The molecule has 3 rings (SSSR count). The van der Waals surface area contributed by atoms with Gasteiger partial charge in [-0.2, -0.15) is 0 Å². The van der Waals surface area contributed by atoms with Crippen LogP contribution in [0.2, 0.25) is 0 Å². The van der Waals surface area contributed by atoms with Gasteiger partial charge in [-0.15, -0.1) is 0 Å². The van der Waals surface area contributed by atoms with Crippen LogP contribution >= 0.6 is 0 Å². The maximum Gasteiger partial charge on any atom is 0.243 e. The van der Waals surface area contributed by atoms with Crippen LogP contribution in [0, 0.1) is 6.92 Å². The average Bonchev–Trinajstić information content (AvgIpc) is 2.78. The second kappa shape index (κ2) is 11.3. The molecular weight excluding hydrogens is 388 g/mol. The van der Waals surface area contributed by atoms with Gasteiger partial charge in [0.2, 0.25) is 5.91 Å². The minimum absolute atomic E-state index is 0.00972. The van der Waals surface area contributed by atoms with Crippen molar-refractivity contribution in [1.29, 1.82) is 0 Å². The first-order valence-electron chi connectivity index (χ1n) is 11.0. The number of hydrogen-bond donors (Lipinski definition) is 2. The van der Waals surface area contributed by atoms with E-state index in [1.54, 1.807) is 19.0 Å². The Balaban J connectivity index is 1.54. The molecule has 7 nitrogen and oxygen atoms in total. The van der Waals surface area contributed by atoms with E-state index < -0.39 is 0 Å². The summed E-state index contributed by atoms with van der Waals surface area (Å²) in [5, 5.41) is 6.94. The third-order valence-corrected chi connectivity index (χ3v) is 5.45. The topological polar surface area (TPSA) is 72.9 Å². The average molecular weight is 423 g/mol. The Morgan fingerprint density at radius 1 is 1.13 bits per heavy atom. The minimum atomic E-state index is -0.00972. The normalized spacial score (nSPS) is 14.9. The molecule has 0 atom stereocenters. The molecular formula is C24H34N6O. The molecule has 1 amide bonds. The molecule has 2 aromatic rings. The number of carbonyl (C=O) groups excluding carboxylic acids is 1. The van der Waals surface area contributed by atoms with Crippen LogP contribution in [0.25, 0.3) is 0 Å². The fourth-order valence-electron chi connectivity index (χ4n) is 3.56. The number of rotatable bonds is 7. The molecule has 0 saturated carbocycles. The van der Waals surface area contributed by atoms with Crippen molar-refractivity contribution in [2.75, 3.05) is 45.2 Å². The summed E-state index contributed by atoms with van der Waals surface area (Å²) in [5.41, 5.74) is 2.32. The Kier molecular flexibility index (Phi) is 8.27. The summed E-state index contributed by atoms with van der Waals surface area (Å²) in [5.74, 6) is 1.74. The Labute approximate surface area is 185 Å². The quantitative estimate of drug-likeness (QED) is 0.529. The van der Waals surface area contributed by atoms with Crippen LogP contribution in [-0.2, 0) is 11.2 Å². The van der Waals surface area contributed by atoms with E-state index in [4.69, 9.17) is 0 Å². The van der Waals surface area contributed by atoms with Crippen molar-refractivity contribution >= 4 is 17.7 Å². The predicted octanol–water partition coefficient (Wildman–Crippen LogP) is 2.22. The molecule has 0 spiro atoms. The lowest BCUT2D eigenvalue weighted by Gasteiger charge is -2.34. The summed E-state index contributed by atoms with van der Waals surface area (Å²) >= 11 is 0. The number of aliphatic imine (C=N–C) groups is 1. The molecule has 1 fully saturated rings. The Morgan fingerprint density at radius 2 is 1.87 bits per heavy atom. The number of benzene rings is 1. The monoisotopic (exact) mass is 422 g/mol. The van der Waals surface area contributed by atoms with Gasteiger partial charge in [-0.1, -0.05) is 36.4 Å². The number of nitrogens with zero attached hydrogens (tertiary/aromatic N) is 4. The number of aryl methyl sites for hydroxylation is 1. The first-order chi connectivity index (χ1) is 15.0. The van der Waals surface area contributed by atoms with Gasteiger partial charge in [0, 0.05) is 45.5 Å². The van der Waals surface area contributed by atoms with Crippen LogP contribution < -0.4 is 15.5 Å². The van der Waals surface area contributed by atoms with Crippen molar-refractivity contribution in [3.8, 4) is 0 Å². The van der Waals surface area contributed by atoms with Gasteiger partial charge in [-0.3, -0.25) is 4.79 Å². The smallest absolute Gasteiger partial charge is 0.243 e. The maximum atomic E-state index is 12.0. The van der Waals surface area contributed by atoms with Gasteiger partial charge in [0.15, 0.2) is 5.96 Å². The lowest BCUT2D eigenvalue weighted by Crippen LogP contribution is -2.49. The van der Waals surface area contributed by atoms with Crippen molar-refractivity contribution in [3.05, 3.63) is 59.8 Å². The first-order valence-corrected chi connectivity index (χ1v) is 11.0. The molecule has 0 radical (unpaired) electrons. The van der Waals surface area contributed by atoms with Crippen molar-refractivity contribution in [1.82, 2.24) is 20.5 Å². The number of hydrogen-bond acceptors (Lipinski definition) is 4. The second-order valence-electron chi connectivity index (χ2n) is 8.16. The molecule has 1 aromatic heterocycles. The fraction of sp³-hybridized carbons (Fsp3) is 0.458. The number of guanidine groups is 1. The third-order valence-electron chi connectivity index (χ3n) is 5.45. The van der Waals surface area contributed by atoms with Gasteiger partial charge >= 0.3 is 0 Å². The Morgan fingerprint density at radius 3 is 2.55 bits per heavy atom. The van der Waals surface area contributed by atoms with Gasteiger partial charge in [0.1, 0.15) is 12.4 Å². The molecule has 31 heavy (non-hydrogen) atoms. The van der Waals surface area contributed by atoms with Crippen molar-refractivity contribution in [2.24, 2.45) is 4.99 Å². The van der Waals surface area contributed by atoms with Crippen molar-refractivity contribution in [2.45, 2.75) is 32.2 Å². The van der Waals surface area contributed by atoms with E-state index in [0.29, 0.717) is 12.0 Å². The SMILES string of the molecule is Cc1cccc(N2CCC(NC(=NCC(=O)N(C)C)NCCc3ccccc3)CC2)n1. The van der Waals surface area contributed by atoms with E-state index in [9.17, 15) is 4.79 Å². The van der Waals surface area contributed by atoms with Crippen molar-refractivity contribution in [3.63, 3.8) is 0 Å². The zero-order chi connectivity index (χ0) is 22.1. The molecule has 0 bridgehead atoms. The number of carbonyl (C=O) groups is 1. The zero-order valence-corrected chi connectivity index (χ0v) is 18.8. The highest BCUT2D eigenvalue weighted by molar-refractivity contribution is 5.85. The minimum Gasteiger partial charge on any atom is -0.356 e. The number of piperidine rings is 1. The highest BCUT2D eigenvalue weighted by Crippen LogP contribution is 2.18. The van der Waals surface area contributed by atoms with Crippen LogP contribution in [0.4, 0.5) is 5.82 Å². The molecule has 1 aliphatic rings.